The Bertz CT molecular complexity index is 878. The van der Waals surface area contributed by atoms with Gasteiger partial charge in [0.2, 0.25) is 0 Å². The molecule has 0 radical (unpaired) electrons. The van der Waals surface area contributed by atoms with Crippen molar-refractivity contribution in [3.8, 4) is 11.1 Å². The third-order valence-corrected chi connectivity index (χ3v) is 3.62. The molecule has 0 amide bonds. The maximum absolute atomic E-state index is 13.2. The molecule has 0 spiro atoms. The maximum atomic E-state index is 13.2. The van der Waals surface area contributed by atoms with E-state index in [0.29, 0.717) is 11.1 Å². The number of hydrogen-bond donors (Lipinski definition) is 2. The Labute approximate surface area is 130 Å². The van der Waals surface area contributed by atoms with E-state index in [4.69, 9.17) is 9.52 Å². The van der Waals surface area contributed by atoms with Crippen molar-refractivity contribution in [2.45, 2.75) is 19.3 Å². The van der Waals surface area contributed by atoms with Crippen LogP contribution < -0.4 is 0 Å². The number of aromatic amines is 1. The molecule has 5 nitrogen and oxygen atoms in total. The second kappa shape index (κ2) is 6.08. The van der Waals surface area contributed by atoms with Crippen LogP contribution in [0.1, 0.15) is 29.8 Å². The molecule has 1 aromatic carbocycles. The van der Waals surface area contributed by atoms with Crippen molar-refractivity contribution >= 4 is 22.7 Å². The number of fused-ring (bicyclic) bond motifs is 1. The molecule has 3 aromatic rings. The molecule has 0 fully saturated rings. The molecule has 0 aliphatic heterocycles. The van der Waals surface area contributed by atoms with Gasteiger partial charge in [0.15, 0.2) is 11.5 Å². The van der Waals surface area contributed by atoms with Crippen LogP contribution in [0.2, 0.25) is 0 Å². The molecule has 2 heterocycles. The molecule has 0 aliphatic rings. The Morgan fingerprint density at radius 2 is 2.04 bits per heavy atom. The van der Waals surface area contributed by atoms with Gasteiger partial charge in [-0.1, -0.05) is 0 Å². The molecule has 2 N–H and O–H groups in total. The zero-order valence-corrected chi connectivity index (χ0v) is 12.1. The number of H-pyrrole nitrogens is 1. The number of ketones is 1. The van der Waals surface area contributed by atoms with E-state index in [2.05, 4.69) is 4.98 Å². The first-order valence-corrected chi connectivity index (χ1v) is 7.15. The number of benzene rings is 1. The van der Waals surface area contributed by atoms with Crippen LogP contribution in [0.25, 0.3) is 22.0 Å². The van der Waals surface area contributed by atoms with Crippen molar-refractivity contribution in [2.75, 3.05) is 0 Å². The number of furan rings is 1. The average Bonchev–Trinajstić information content (AvgIpc) is 3.12. The minimum absolute atomic E-state index is 0.0483. The third-order valence-electron chi connectivity index (χ3n) is 3.62. The zero-order valence-electron chi connectivity index (χ0n) is 12.1. The molecule has 23 heavy (non-hydrogen) atoms. The number of rotatable bonds is 6. The van der Waals surface area contributed by atoms with Gasteiger partial charge in [0.1, 0.15) is 5.82 Å². The average molecular weight is 315 g/mol. The normalized spacial score (nSPS) is 11.0. The number of carboxylic acid groups (broad SMARTS) is 1. The summed E-state index contributed by atoms with van der Waals surface area (Å²) in [6.45, 7) is 0. The van der Waals surface area contributed by atoms with E-state index >= 15 is 0 Å². The van der Waals surface area contributed by atoms with E-state index in [-0.39, 0.29) is 36.6 Å². The molecule has 0 atom stereocenters. The van der Waals surface area contributed by atoms with Crippen molar-refractivity contribution in [3.05, 3.63) is 48.3 Å². The fraction of sp³-hybridized carbons (Fsp3) is 0.176. The number of aliphatic carboxylic acids is 1. The fourth-order valence-electron chi connectivity index (χ4n) is 2.48. The van der Waals surface area contributed by atoms with Gasteiger partial charge in [0.25, 0.3) is 0 Å². The van der Waals surface area contributed by atoms with Gasteiger partial charge >= 0.3 is 5.97 Å². The molecule has 0 saturated carbocycles. The molecule has 3 rings (SSSR count). The quantitative estimate of drug-likeness (QED) is 0.673. The highest BCUT2D eigenvalue weighted by molar-refractivity contribution is 5.98. The number of hydrogen-bond acceptors (Lipinski definition) is 3. The van der Waals surface area contributed by atoms with Crippen LogP contribution in [-0.2, 0) is 4.79 Å². The summed E-state index contributed by atoms with van der Waals surface area (Å²) in [6.07, 6.45) is 3.55. The van der Waals surface area contributed by atoms with E-state index in [1.54, 1.807) is 18.3 Å². The van der Waals surface area contributed by atoms with Crippen LogP contribution in [-0.4, -0.2) is 21.8 Å². The first-order valence-electron chi connectivity index (χ1n) is 7.15. The summed E-state index contributed by atoms with van der Waals surface area (Å²) < 4.78 is 18.5. The Morgan fingerprint density at radius 3 is 2.83 bits per heavy atom. The maximum Gasteiger partial charge on any atom is 0.303 e. The number of nitrogens with one attached hydrogen (secondary N) is 1. The topological polar surface area (TPSA) is 83.3 Å². The lowest BCUT2D eigenvalue weighted by molar-refractivity contribution is -0.137. The van der Waals surface area contributed by atoms with Gasteiger partial charge in [-0.3, -0.25) is 9.59 Å². The number of halogens is 1. The second-order valence-corrected chi connectivity index (χ2v) is 5.26. The molecule has 118 valence electrons. The van der Waals surface area contributed by atoms with Gasteiger partial charge in [-0.15, -0.1) is 0 Å². The van der Waals surface area contributed by atoms with Crippen molar-refractivity contribution in [1.82, 2.24) is 4.98 Å². The number of aromatic nitrogens is 1. The van der Waals surface area contributed by atoms with Gasteiger partial charge in [0, 0.05) is 41.1 Å². The van der Waals surface area contributed by atoms with Crippen LogP contribution in [0.15, 0.2) is 41.1 Å². The summed E-state index contributed by atoms with van der Waals surface area (Å²) >= 11 is 0. The predicted octanol–water partition coefficient (Wildman–Crippen LogP) is 4.00. The number of carbonyl (C=O) groups excluding carboxylic acids is 1. The predicted molar refractivity (Wildman–Crippen MR) is 81.8 cm³/mol. The van der Waals surface area contributed by atoms with Gasteiger partial charge < -0.3 is 14.5 Å². The lowest BCUT2D eigenvalue weighted by Gasteiger charge is -1.95. The summed E-state index contributed by atoms with van der Waals surface area (Å²) in [5.74, 6) is -1.29. The Hall–Kier alpha value is -2.89. The minimum atomic E-state index is -0.927. The molecule has 0 bridgehead atoms. The summed E-state index contributed by atoms with van der Waals surface area (Å²) in [4.78, 5) is 25.4. The highest BCUT2D eigenvalue weighted by atomic mass is 19.1. The Morgan fingerprint density at radius 1 is 1.22 bits per heavy atom. The van der Waals surface area contributed by atoms with Crippen molar-refractivity contribution in [3.63, 3.8) is 0 Å². The van der Waals surface area contributed by atoms with Crippen molar-refractivity contribution in [2.24, 2.45) is 0 Å². The first kappa shape index (κ1) is 15.0. The van der Waals surface area contributed by atoms with Gasteiger partial charge in [-0.05, 0) is 30.7 Å². The summed E-state index contributed by atoms with van der Waals surface area (Å²) in [6, 6.07) is 6.06. The van der Waals surface area contributed by atoms with Gasteiger partial charge in [-0.2, -0.15) is 0 Å². The number of carboxylic acids is 1. The summed E-state index contributed by atoms with van der Waals surface area (Å²) in [5, 5.41) is 9.41. The molecule has 0 unspecified atom stereocenters. The first-order chi connectivity index (χ1) is 11.0. The standard InChI is InChI=1S/C17H14FNO4/c18-11-4-5-12-13(8-19-14(12)7-11)10-6-16(23-9-10)15(20)2-1-3-17(21)22/h4-9,19H,1-3H2,(H,21,22). The SMILES string of the molecule is O=C(O)CCCC(=O)c1cc(-c2c[nH]c3cc(F)ccc23)co1. The highest BCUT2D eigenvalue weighted by Gasteiger charge is 2.15. The van der Waals surface area contributed by atoms with Gasteiger partial charge in [0.05, 0.1) is 6.26 Å². The minimum Gasteiger partial charge on any atom is -0.481 e. The highest BCUT2D eigenvalue weighted by Crippen LogP contribution is 2.30. The smallest absolute Gasteiger partial charge is 0.303 e. The molecule has 0 saturated heterocycles. The Kier molecular flexibility index (Phi) is 3.97. The fourth-order valence-corrected chi connectivity index (χ4v) is 2.48. The van der Waals surface area contributed by atoms with Crippen LogP contribution in [0.4, 0.5) is 4.39 Å². The molecule has 0 aliphatic carbocycles. The van der Waals surface area contributed by atoms with Crippen LogP contribution in [0.5, 0.6) is 0 Å². The lowest BCUT2D eigenvalue weighted by atomic mass is 10.1. The molecular weight excluding hydrogens is 301 g/mol. The van der Waals surface area contributed by atoms with E-state index in [1.165, 1.54) is 18.4 Å². The van der Waals surface area contributed by atoms with Crippen molar-refractivity contribution in [1.29, 1.82) is 0 Å². The number of carbonyl (C=O) groups is 2. The van der Waals surface area contributed by atoms with Crippen LogP contribution >= 0.6 is 0 Å². The summed E-state index contributed by atoms with van der Waals surface area (Å²) in [7, 11) is 0. The lowest BCUT2D eigenvalue weighted by Crippen LogP contribution is -2.00. The number of Topliss-reactive ketones (excluding diaryl/α,β-unsaturated/α-hetero) is 1. The van der Waals surface area contributed by atoms with Crippen LogP contribution in [0, 0.1) is 5.82 Å². The van der Waals surface area contributed by atoms with E-state index in [9.17, 15) is 14.0 Å². The molecule has 6 heteroatoms. The van der Waals surface area contributed by atoms with Crippen molar-refractivity contribution < 1.29 is 23.5 Å². The second-order valence-electron chi connectivity index (χ2n) is 5.26. The third kappa shape index (κ3) is 3.15. The zero-order chi connectivity index (χ0) is 16.4. The van der Waals surface area contributed by atoms with Gasteiger partial charge in [-0.25, -0.2) is 4.39 Å². The van der Waals surface area contributed by atoms with E-state index in [0.717, 1.165) is 10.9 Å². The molecular formula is C17H14FNO4. The van der Waals surface area contributed by atoms with E-state index in [1.807, 2.05) is 0 Å². The molecule has 2 aromatic heterocycles. The van der Waals surface area contributed by atoms with Crippen LogP contribution in [0.3, 0.4) is 0 Å². The summed E-state index contributed by atoms with van der Waals surface area (Å²) in [5.41, 5.74) is 2.19. The Balaban J connectivity index is 1.80. The van der Waals surface area contributed by atoms with E-state index < -0.39 is 5.97 Å². The monoisotopic (exact) mass is 315 g/mol. The largest absolute Gasteiger partial charge is 0.481 e.